The molecule has 0 aliphatic rings. The number of ether oxygens (including phenoxy) is 3. The molecule has 0 radical (unpaired) electrons. The van der Waals surface area contributed by atoms with Gasteiger partial charge in [-0.3, -0.25) is 9.59 Å². The average Bonchev–Trinajstić information content (AvgIpc) is 2.80. The number of amides is 1. The van der Waals surface area contributed by atoms with Gasteiger partial charge < -0.3 is 29.4 Å². The van der Waals surface area contributed by atoms with Crippen LogP contribution in [-0.4, -0.2) is 50.8 Å². The first-order valence-electron chi connectivity index (χ1n) is 9.61. The number of benzene rings is 2. The summed E-state index contributed by atoms with van der Waals surface area (Å²) in [6.45, 7) is 0.307. The molecule has 0 saturated heterocycles. The van der Waals surface area contributed by atoms with E-state index in [9.17, 15) is 9.59 Å². The van der Waals surface area contributed by atoms with Crippen LogP contribution in [0.3, 0.4) is 0 Å². The lowest BCUT2D eigenvalue weighted by atomic mass is 10.1. The quantitative estimate of drug-likeness (QED) is 0.511. The molecule has 3 aromatic rings. The summed E-state index contributed by atoms with van der Waals surface area (Å²) in [4.78, 5) is 34.0. The Morgan fingerprint density at radius 2 is 1.94 bits per heavy atom. The van der Waals surface area contributed by atoms with Crippen LogP contribution in [0.15, 0.2) is 35.1 Å². The van der Waals surface area contributed by atoms with Crippen molar-refractivity contribution in [2.75, 3.05) is 39.8 Å². The number of aromatic amines is 1. The van der Waals surface area contributed by atoms with Crippen molar-refractivity contribution in [1.29, 1.82) is 5.26 Å². The number of methoxy groups -OCH3 is 3. The van der Waals surface area contributed by atoms with E-state index < -0.39 is 5.56 Å². The second-order valence-electron chi connectivity index (χ2n) is 6.83. The van der Waals surface area contributed by atoms with E-state index in [1.807, 2.05) is 12.1 Å². The van der Waals surface area contributed by atoms with E-state index in [2.05, 4.69) is 15.3 Å². The molecule has 2 N–H and O–H groups in total. The highest BCUT2D eigenvalue weighted by molar-refractivity contribution is 5.94. The molecule has 0 aliphatic heterocycles. The van der Waals surface area contributed by atoms with Crippen molar-refractivity contribution in [3.8, 4) is 23.3 Å². The molecule has 0 fully saturated rings. The molecule has 3 rings (SSSR count). The predicted molar refractivity (Wildman–Crippen MR) is 119 cm³/mol. The number of anilines is 1. The van der Waals surface area contributed by atoms with Gasteiger partial charge in [0.25, 0.3) is 11.5 Å². The van der Waals surface area contributed by atoms with E-state index >= 15 is 0 Å². The normalized spacial score (nSPS) is 10.3. The molecular formula is C22H23N5O5. The van der Waals surface area contributed by atoms with Crippen molar-refractivity contribution in [3.63, 3.8) is 0 Å². The minimum Gasteiger partial charge on any atom is -0.493 e. The van der Waals surface area contributed by atoms with E-state index in [0.717, 1.165) is 5.56 Å². The van der Waals surface area contributed by atoms with Crippen LogP contribution in [0.5, 0.6) is 17.2 Å². The number of nitrogens with one attached hydrogen (secondary N) is 2. The Morgan fingerprint density at radius 3 is 2.59 bits per heavy atom. The molecule has 1 amide bonds. The summed E-state index contributed by atoms with van der Waals surface area (Å²) in [6, 6.07) is 10.5. The van der Waals surface area contributed by atoms with Crippen molar-refractivity contribution in [2.24, 2.45) is 0 Å². The average molecular weight is 437 g/mol. The van der Waals surface area contributed by atoms with Crippen molar-refractivity contribution >= 4 is 22.8 Å². The first kappa shape index (κ1) is 22.4. The van der Waals surface area contributed by atoms with E-state index in [4.69, 9.17) is 19.5 Å². The highest BCUT2D eigenvalue weighted by atomic mass is 16.5. The van der Waals surface area contributed by atoms with Crippen LogP contribution in [0.4, 0.5) is 5.95 Å². The summed E-state index contributed by atoms with van der Waals surface area (Å²) in [5, 5.41) is 11.4. The largest absolute Gasteiger partial charge is 0.493 e. The second kappa shape index (κ2) is 9.70. The number of rotatable bonds is 8. The van der Waals surface area contributed by atoms with Gasteiger partial charge in [0.15, 0.2) is 11.5 Å². The zero-order chi connectivity index (χ0) is 23.3. The van der Waals surface area contributed by atoms with E-state index in [1.54, 1.807) is 36.2 Å². The maximum atomic E-state index is 12.8. The van der Waals surface area contributed by atoms with Gasteiger partial charge in [0, 0.05) is 25.2 Å². The summed E-state index contributed by atoms with van der Waals surface area (Å²) in [5.41, 5.74) is 1.26. The molecule has 0 spiro atoms. The molecule has 0 bridgehead atoms. The smallest absolute Gasteiger partial charge is 0.286 e. The zero-order valence-electron chi connectivity index (χ0n) is 18.2. The fraction of sp³-hybridized carbons (Fsp3) is 0.273. The van der Waals surface area contributed by atoms with Crippen LogP contribution in [0.1, 0.15) is 15.9 Å². The number of hydrogen-bond donors (Lipinski definition) is 2. The molecule has 0 saturated carbocycles. The second-order valence-corrected chi connectivity index (χ2v) is 6.83. The molecular weight excluding hydrogens is 414 g/mol. The minimum atomic E-state index is -0.483. The molecule has 10 nitrogen and oxygen atoms in total. The molecule has 0 aliphatic carbocycles. The van der Waals surface area contributed by atoms with Gasteiger partial charge in [-0.15, -0.1) is 0 Å². The molecule has 2 aromatic carbocycles. The zero-order valence-corrected chi connectivity index (χ0v) is 18.2. The van der Waals surface area contributed by atoms with Gasteiger partial charge in [-0.2, -0.15) is 10.2 Å². The summed E-state index contributed by atoms with van der Waals surface area (Å²) in [5.74, 6) is 0.948. The molecule has 1 heterocycles. The van der Waals surface area contributed by atoms with Crippen molar-refractivity contribution in [1.82, 2.24) is 15.3 Å². The van der Waals surface area contributed by atoms with Gasteiger partial charge in [-0.25, -0.2) is 0 Å². The summed E-state index contributed by atoms with van der Waals surface area (Å²) >= 11 is 0. The van der Waals surface area contributed by atoms with Crippen LogP contribution in [0.2, 0.25) is 0 Å². The maximum Gasteiger partial charge on any atom is 0.286 e. The third kappa shape index (κ3) is 4.41. The Bertz CT molecular complexity index is 1250. The lowest BCUT2D eigenvalue weighted by Gasteiger charge is -2.20. The fourth-order valence-electron chi connectivity index (χ4n) is 3.33. The van der Waals surface area contributed by atoms with Crippen LogP contribution in [-0.2, 0) is 6.54 Å². The Labute approximate surface area is 184 Å². The van der Waals surface area contributed by atoms with Crippen LogP contribution in [0, 0.1) is 11.3 Å². The fourth-order valence-corrected chi connectivity index (χ4v) is 3.33. The van der Waals surface area contributed by atoms with Crippen molar-refractivity contribution in [2.45, 2.75) is 6.54 Å². The number of fused-ring (bicyclic) bond motifs is 1. The number of nitriles is 1. The summed E-state index contributed by atoms with van der Waals surface area (Å²) in [6.07, 6.45) is 0. The number of hydrogen-bond acceptors (Lipinski definition) is 8. The number of aromatic nitrogens is 2. The summed E-state index contributed by atoms with van der Waals surface area (Å²) < 4.78 is 16.1. The van der Waals surface area contributed by atoms with E-state index in [0.29, 0.717) is 35.1 Å². The van der Waals surface area contributed by atoms with Crippen molar-refractivity contribution in [3.05, 3.63) is 51.8 Å². The first-order valence-corrected chi connectivity index (χ1v) is 9.61. The highest BCUT2D eigenvalue weighted by Gasteiger charge is 2.20. The molecule has 32 heavy (non-hydrogen) atoms. The van der Waals surface area contributed by atoms with Gasteiger partial charge in [0.05, 0.1) is 32.9 Å². The molecule has 0 atom stereocenters. The minimum absolute atomic E-state index is 0.0665. The van der Waals surface area contributed by atoms with E-state index in [1.165, 1.54) is 21.3 Å². The maximum absolute atomic E-state index is 12.8. The Hall–Kier alpha value is -4.26. The predicted octanol–water partition coefficient (Wildman–Crippen LogP) is 1.84. The van der Waals surface area contributed by atoms with Gasteiger partial charge >= 0.3 is 0 Å². The van der Waals surface area contributed by atoms with Gasteiger partial charge in [0.2, 0.25) is 11.7 Å². The van der Waals surface area contributed by atoms with E-state index in [-0.39, 0.29) is 23.6 Å². The Kier molecular flexibility index (Phi) is 6.80. The topological polar surface area (TPSA) is 130 Å². The number of carbonyl (C=O) groups is 1. The monoisotopic (exact) mass is 437 g/mol. The SMILES string of the molecule is COc1cc2[nH]c(N(C)Cc3cccc(C(=O)NCC#N)c3)nc(=O)c2c(OC)c1OC. The van der Waals surface area contributed by atoms with Crippen LogP contribution < -0.4 is 30.0 Å². The highest BCUT2D eigenvalue weighted by Crippen LogP contribution is 2.41. The van der Waals surface area contributed by atoms with Crippen LogP contribution >= 0.6 is 0 Å². The third-order valence-corrected chi connectivity index (χ3v) is 4.80. The van der Waals surface area contributed by atoms with Gasteiger partial charge in [-0.05, 0) is 17.7 Å². The molecule has 166 valence electrons. The standard InChI is InChI=1S/C22H23N5O5/c1-27(12-13-6-5-7-14(10-13)20(28)24-9-8-23)22-25-15-11-16(30-2)18(31-3)19(32-4)17(15)21(29)26-22/h5-7,10-11H,9,12H2,1-4H3,(H,24,28)(H,25,26,29). The van der Waals surface area contributed by atoms with Crippen molar-refractivity contribution < 1.29 is 19.0 Å². The first-order chi connectivity index (χ1) is 15.4. The number of carbonyl (C=O) groups excluding carboxylic acids is 1. The Morgan fingerprint density at radius 1 is 1.19 bits per heavy atom. The molecule has 1 aromatic heterocycles. The third-order valence-electron chi connectivity index (χ3n) is 4.80. The lowest BCUT2D eigenvalue weighted by Crippen LogP contribution is -2.25. The molecule has 0 unspecified atom stereocenters. The Balaban J connectivity index is 1.96. The molecule has 10 heteroatoms. The number of nitrogens with zero attached hydrogens (tertiary/aromatic N) is 3. The number of H-pyrrole nitrogens is 1. The van der Waals surface area contributed by atoms with Gasteiger partial charge in [-0.1, -0.05) is 12.1 Å². The lowest BCUT2D eigenvalue weighted by molar-refractivity contribution is 0.0958. The van der Waals surface area contributed by atoms with Gasteiger partial charge in [0.1, 0.15) is 11.9 Å². The summed E-state index contributed by atoms with van der Waals surface area (Å²) in [7, 11) is 6.17. The van der Waals surface area contributed by atoms with Crippen LogP contribution in [0.25, 0.3) is 10.9 Å².